The zero-order valence-corrected chi connectivity index (χ0v) is 14.9. The van der Waals surface area contributed by atoms with Gasteiger partial charge in [0.25, 0.3) is 0 Å². The summed E-state index contributed by atoms with van der Waals surface area (Å²) in [6.45, 7) is 4.91. The van der Waals surface area contributed by atoms with Crippen LogP contribution in [0.15, 0.2) is 29.2 Å². The fourth-order valence-electron chi connectivity index (χ4n) is 2.18. The Labute approximate surface area is 140 Å². The van der Waals surface area contributed by atoms with Crippen LogP contribution in [0.5, 0.6) is 0 Å². The highest BCUT2D eigenvalue weighted by atomic mass is 32.2. The van der Waals surface area contributed by atoms with Gasteiger partial charge in [0.2, 0.25) is 0 Å². The molecule has 0 aliphatic rings. The highest BCUT2D eigenvalue weighted by Crippen LogP contribution is 2.19. The van der Waals surface area contributed by atoms with Crippen LogP contribution in [0.3, 0.4) is 0 Å². The van der Waals surface area contributed by atoms with Crippen LogP contribution in [-0.2, 0) is 9.53 Å². The second-order valence-electron chi connectivity index (χ2n) is 5.75. The summed E-state index contributed by atoms with van der Waals surface area (Å²) < 4.78 is 5.27. The zero-order chi connectivity index (χ0) is 16.0. The second kappa shape index (κ2) is 12.6. The lowest BCUT2D eigenvalue weighted by molar-refractivity contribution is -0.143. The summed E-state index contributed by atoms with van der Waals surface area (Å²) in [6, 6.07) is 8.52. The maximum absolute atomic E-state index is 11.6. The molecule has 0 aliphatic heterocycles. The van der Waals surface area contributed by atoms with Crippen molar-refractivity contribution in [3.8, 4) is 0 Å². The molecule has 1 aromatic rings. The molecule has 0 saturated heterocycles. The van der Waals surface area contributed by atoms with Crippen molar-refractivity contribution in [2.75, 3.05) is 12.4 Å². The molecule has 1 aromatic carbocycles. The van der Waals surface area contributed by atoms with Crippen LogP contribution in [0.2, 0.25) is 0 Å². The van der Waals surface area contributed by atoms with Crippen molar-refractivity contribution in [1.29, 1.82) is 0 Å². The molecule has 0 amide bonds. The maximum Gasteiger partial charge on any atom is 0.305 e. The Kier molecular flexibility index (Phi) is 10.9. The normalized spacial score (nSPS) is 10.6. The first-order valence-electron chi connectivity index (χ1n) is 8.57. The van der Waals surface area contributed by atoms with E-state index in [1.165, 1.54) is 42.6 Å². The molecule has 0 N–H and O–H groups in total. The number of aryl methyl sites for hydroxylation is 1. The summed E-state index contributed by atoms with van der Waals surface area (Å²) in [7, 11) is 0. The van der Waals surface area contributed by atoms with E-state index < -0.39 is 0 Å². The van der Waals surface area contributed by atoms with Crippen molar-refractivity contribution in [1.82, 2.24) is 0 Å². The minimum absolute atomic E-state index is 0.0435. The van der Waals surface area contributed by atoms with Gasteiger partial charge in [0.05, 0.1) is 6.61 Å². The van der Waals surface area contributed by atoms with Crippen LogP contribution >= 0.6 is 11.8 Å². The van der Waals surface area contributed by atoms with E-state index in [2.05, 4.69) is 38.1 Å². The van der Waals surface area contributed by atoms with E-state index >= 15 is 0 Å². The Balaban J connectivity index is 1.94. The molecule has 0 atom stereocenters. The third-order valence-electron chi connectivity index (χ3n) is 3.58. The highest BCUT2D eigenvalue weighted by molar-refractivity contribution is 7.99. The van der Waals surface area contributed by atoms with Gasteiger partial charge in [-0.05, 0) is 37.7 Å². The molecule has 2 nitrogen and oxygen atoms in total. The van der Waals surface area contributed by atoms with Gasteiger partial charge in [-0.2, -0.15) is 0 Å². The predicted molar refractivity (Wildman–Crippen MR) is 95.5 cm³/mol. The first-order chi connectivity index (χ1) is 10.7. The minimum atomic E-state index is -0.0435. The van der Waals surface area contributed by atoms with Gasteiger partial charge in [0.15, 0.2) is 0 Å². The average Bonchev–Trinajstić information content (AvgIpc) is 2.52. The molecular formula is C19H30O2S. The van der Waals surface area contributed by atoms with Gasteiger partial charge in [-0.25, -0.2) is 0 Å². The van der Waals surface area contributed by atoms with Gasteiger partial charge in [0.1, 0.15) is 0 Å². The Morgan fingerprint density at radius 1 is 1.00 bits per heavy atom. The molecule has 0 fully saturated rings. The quantitative estimate of drug-likeness (QED) is 0.277. The summed E-state index contributed by atoms with van der Waals surface area (Å²) in [5.74, 6) is 0.924. The van der Waals surface area contributed by atoms with Crippen LogP contribution in [-0.4, -0.2) is 18.3 Å². The number of thioether (sulfide) groups is 1. The minimum Gasteiger partial charge on any atom is -0.466 e. The van der Waals surface area contributed by atoms with E-state index in [0.717, 1.165) is 18.6 Å². The molecule has 0 heterocycles. The summed E-state index contributed by atoms with van der Waals surface area (Å²) in [4.78, 5) is 12.9. The number of benzene rings is 1. The van der Waals surface area contributed by atoms with Crippen LogP contribution in [0, 0.1) is 6.92 Å². The zero-order valence-electron chi connectivity index (χ0n) is 14.1. The van der Waals surface area contributed by atoms with Gasteiger partial charge >= 0.3 is 5.97 Å². The van der Waals surface area contributed by atoms with E-state index in [1.54, 1.807) is 11.8 Å². The number of carbonyl (C=O) groups excluding carboxylic acids is 1. The number of unbranched alkanes of at least 4 members (excludes halogenated alkanes) is 5. The topological polar surface area (TPSA) is 26.3 Å². The molecule has 0 spiro atoms. The van der Waals surface area contributed by atoms with Gasteiger partial charge in [-0.1, -0.05) is 56.7 Å². The standard InChI is InChI=1S/C19H30O2S/c1-3-4-5-6-7-8-15-21-19(20)10-9-16-22-18-13-11-17(2)12-14-18/h11-14H,3-10,15-16H2,1-2H3. The lowest BCUT2D eigenvalue weighted by atomic mass is 10.1. The SMILES string of the molecule is CCCCCCCCOC(=O)CCCSc1ccc(C)cc1. The third-order valence-corrected chi connectivity index (χ3v) is 4.67. The summed E-state index contributed by atoms with van der Waals surface area (Å²) in [6.07, 6.45) is 8.76. The van der Waals surface area contributed by atoms with E-state index in [4.69, 9.17) is 4.74 Å². The van der Waals surface area contributed by atoms with Crippen LogP contribution in [0.1, 0.15) is 63.9 Å². The largest absolute Gasteiger partial charge is 0.466 e. The van der Waals surface area contributed by atoms with Gasteiger partial charge in [-0.3, -0.25) is 4.79 Å². The Hall–Kier alpha value is -0.960. The number of esters is 1. The number of ether oxygens (including phenoxy) is 1. The molecule has 0 aromatic heterocycles. The van der Waals surface area contributed by atoms with Gasteiger partial charge in [0, 0.05) is 11.3 Å². The smallest absolute Gasteiger partial charge is 0.305 e. The van der Waals surface area contributed by atoms with Crippen molar-refractivity contribution >= 4 is 17.7 Å². The van der Waals surface area contributed by atoms with Crippen molar-refractivity contribution in [3.63, 3.8) is 0 Å². The van der Waals surface area contributed by atoms with Crippen LogP contribution < -0.4 is 0 Å². The third kappa shape index (κ3) is 9.88. The van der Waals surface area contributed by atoms with E-state index in [1.807, 2.05) is 0 Å². The van der Waals surface area contributed by atoms with Crippen LogP contribution in [0.25, 0.3) is 0 Å². The Morgan fingerprint density at radius 2 is 1.68 bits per heavy atom. The number of carbonyl (C=O) groups is 1. The lowest BCUT2D eigenvalue weighted by Gasteiger charge is -2.05. The summed E-state index contributed by atoms with van der Waals surface area (Å²) >= 11 is 1.80. The average molecular weight is 323 g/mol. The molecular weight excluding hydrogens is 292 g/mol. The first kappa shape index (κ1) is 19.1. The predicted octanol–water partition coefficient (Wildman–Crippen LogP) is 5.77. The molecule has 0 radical (unpaired) electrons. The van der Waals surface area contributed by atoms with Gasteiger partial charge in [-0.15, -0.1) is 11.8 Å². The molecule has 0 saturated carbocycles. The van der Waals surface area contributed by atoms with Crippen molar-refractivity contribution < 1.29 is 9.53 Å². The molecule has 0 unspecified atom stereocenters. The van der Waals surface area contributed by atoms with E-state index in [9.17, 15) is 4.79 Å². The van der Waals surface area contributed by atoms with E-state index in [0.29, 0.717) is 13.0 Å². The number of rotatable bonds is 12. The molecule has 0 aliphatic carbocycles. The Morgan fingerprint density at radius 3 is 2.41 bits per heavy atom. The maximum atomic E-state index is 11.6. The molecule has 22 heavy (non-hydrogen) atoms. The van der Waals surface area contributed by atoms with E-state index in [-0.39, 0.29) is 5.97 Å². The van der Waals surface area contributed by atoms with Crippen molar-refractivity contribution in [2.24, 2.45) is 0 Å². The number of hydrogen-bond donors (Lipinski definition) is 0. The lowest BCUT2D eigenvalue weighted by Crippen LogP contribution is -2.06. The first-order valence-corrected chi connectivity index (χ1v) is 9.56. The number of hydrogen-bond acceptors (Lipinski definition) is 3. The van der Waals surface area contributed by atoms with Crippen molar-refractivity contribution in [2.45, 2.75) is 70.1 Å². The second-order valence-corrected chi connectivity index (χ2v) is 6.92. The summed E-state index contributed by atoms with van der Waals surface area (Å²) in [5.41, 5.74) is 1.28. The van der Waals surface area contributed by atoms with Crippen LogP contribution in [0.4, 0.5) is 0 Å². The molecule has 1 rings (SSSR count). The summed E-state index contributed by atoms with van der Waals surface area (Å²) in [5, 5.41) is 0. The fraction of sp³-hybridized carbons (Fsp3) is 0.632. The molecule has 3 heteroatoms. The highest BCUT2D eigenvalue weighted by Gasteiger charge is 2.03. The van der Waals surface area contributed by atoms with Crippen molar-refractivity contribution in [3.05, 3.63) is 29.8 Å². The van der Waals surface area contributed by atoms with Gasteiger partial charge < -0.3 is 4.74 Å². The monoisotopic (exact) mass is 322 g/mol. The Bertz CT molecular complexity index is 400. The molecule has 124 valence electrons. The molecule has 0 bridgehead atoms. The fourth-order valence-corrected chi connectivity index (χ4v) is 3.03.